The van der Waals surface area contributed by atoms with Crippen molar-refractivity contribution in [2.75, 3.05) is 0 Å². The highest BCUT2D eigenvalue weighted by atomic mass is 16.7. The molecule has 3 N–H and O–H groups in total. The van der Waals surface area contributed by atoms with Crippen molar-refractivity contribution in [3.63, 3.8) is 0 Å². The van der Waals surface area contributed by atoms with Gasteiger partial charge in [-0.25, -0.2) is 0 Å². The first-order chi connectivity index (χ1) is 5.52. The maximum atomic E-state index is 10.9. The summed E-state index contributed by atoms with van der Waals surface area (Å²) < 4.78 is 0. The van der Waals surface area contributed by atoms with E-state index in [0.717, 1.165) is 0 Å². The molecule has 0 atom stereocenters. The molecule has 0 amide bonds. The van der Waals surface area contributed by atoms with E-state index >= 15 is 0 Å². The van der Waals surface area contributed by atoms with Crippen LogP contribution in [0.4, 0.5) is 0 Å². The number of rotatable bonds is 2. The maximum Gasteiger partial charge on any atom is 0.344 e. The van der Waals surface area contributed by atoms with Crippen LogP contribution in [0.3, 0.4) is 0 Å². The van der Waals surface area contributed by atoms with E-state index < -0.39 is 11.8 Å². The summed E-state index contributed by atoms with van der Waals surface area (Å²) in [7, 11) is 0. The van der Waals surface area contributed by atoms with E-state index in [4.69, 9.17) is 15.3 Å². The first-order valence-electron chi connectivity index (χ1n) is 3.29. The van der Waals surface area contributed by atoms with E-state index in [1.807, 2.05) is 0 Å². The van der Waals surface area contributed by atoms with Crippen molar-refractivity contribution in [1.82, 2.24) is 0 Å². The topological polar surface area (TPSA) is 77.8 Å². The van der Waals surface area contributed by atoms with E-state index in [-0.39, 0.29) is 5.56 Å². The lowest BCUT2D eigenvalue weighted by atomic mass is 10.1. The van der Waals surface area contributed by atoms with Gasteiger partial charge in [-0.1, -0.05) is 30.3 Å². The molecular formula is C8H8O4. The largest absolute Gasteiger partial charge is 0.344 e. The third-order valence-corrected chi connectivity index (χ3v) is 1.34. The lowest BCUT2D eigenvalue weighted by Crippen LogP contribution is -2.37. The third kappa shape index (κ3) is 1.88. The van der Waals surface area contributed by atoms with E-state index in [2.05, 4.69) is 0 Å². The Balaban J connectivity index is 2.94. The lowest BCUT2D eigenvalue weighted by Gasteiger charge is -2.11. The Morgan fingerprint density at radius 3 is 2.00 bits per heavy atom. The van der Waals surface area contributed by atoms with Crippen LogP contribution in [-0.2, 0) is 0 Å². The van der Waals surface area contributed by atoms with Crippen molar-refractivity contribution in [1.29, 1.82) is 0 Å². The Morgan fingerprint density at radius 1 is 1.08 bits per heavy atom. The highest BCUT2D eigenvalue weighted by Gasteiger charge is 2.30. The van der Waals surface area contributed by atoms with Crippen LogP contribution in [-0.4, -0.2) is 27.1 Å². The Bertz CT molecular complexity index is 273. The molecule has 0 aliphatic heterocycles. The summed E-state index contributed by atoms with van der Waals surface area (Å²) in [6.07, 6.45) is 0. The Kier molecular flexibility index (Phi) is 2.23. The first-order valence-corrected chi connectivity index (χ1v) is 3.29. The van der Waals surface area contributed by atoms with Gasteiger partial charge in [-0.3, -0.25) is 4.79 Å². The predicted molar refractivity (Wildman–Crippen MR) is 40.2 cm³/mol. The molecule has 0 fully saturated rings. The van der Waals surface area contributed by atoms with Crippen LogP contribution in [0.15, 0.2) is 30.3 Å². The first kappa shape index (κ1) is 8.86. The smallest absolute Gasteiger partial charge is 0.337 e. The van der Waals surface area contributed by atoms with Crippen LogP contribution in [0.1, 0.15) is 10.4 Å². The van der Waals surface area contributed by atoms with Crippen molar-refractivity contribution >= 4 is 5.78 Å². The normalized spacial score (nSPS) is 11.2. The quantitative estimate of drug-likeness (QED) is 0.411. The van der Waals surface area contributed by atoms with Crippen LogP contribution < -0.4 is 0 Å². The van der Waals surface area contributed by atoms with Gasteiger partial charge in [0.1, 0.15) is 0 Å². The van der Waals surface area contributed by atoms with Gasteiger partial charge in [0.05, 0.1) is 0 Å². The lowest BCUT2D eigenvalue weighted by molar-refractivity contribution is -0.267. The van der Waals surface area contributed by atoms with Crippen molar-refractivity contribution in [3.05, 3.63) is 35.9 Å². The molecule has 12 heavy (non-hydrogen) atoms. The van der Waals surface area contributed by atoms with E-state index in [0.29, 0.717) is 0 Å². The molecule has 0 radical (unpaired) electrons. The van der Waals surface area contributed by atoms with Gasteiger partial charge >= 0.3 is 5.97 Å². The fraction of sp³-hybridized carbons (Fsp3) is 0.125. The summed E-state index contributed by atoms with van der Waals surface area (Å²) in [5.41, 5.74) is 0.0463. The van der Waals surface area contributed by atoms with Crippen molar-refractivity contribution in [2.45, 2.75) is 5.97 Å². The zero-order chi connectivity index (χ0) is 9.19. The molecule has 0 spiro atoms. The van der Waals surface area contributed by atoms with Crippen molar-refractivity contribution in [2.24, 2.45) is 0 Å². The minimum absolute atomic E-state index is 0.0463. The van der Waals surface area contributed by atoms with Gasteiger partial charge in [-0.2, -0.15) is 0 Å². The summed E-state index contributed by atoms with van der Waals surface area (Å²) in [5.74, 6) is -4.41. The number of hydrogen-bond donors (Lipinski definition) is 3. The van der Waals surface area contributed by atoms with Crippen LogP contribution in [0, 0.1) is 0 Å². The van der Waals surface area contributed by atoms with E-state index in [1.165, 1.54) is 12.1 Å². The van der Waals surface area contributed by atoms with Gasteiger partial charge in [0, 0.05) is 5.56 Å². The number of benzene rings is 1. The van der Waals surface area contributed by atoms with Gasteiger partial charge in [-0.15, -0.1) is 0 Å². The third-order valence-electron chi connectivity index (χ3n) is 1.34. The molecule has 0 aliphatic carbocycles. The predicted octanol–water partition coefficient (Wildman–Crippen LogP) is -0.500. The summed E-state index contributed by atoms with van der Waals surface area (Å²) in [4.78, 5) is 10.9. The van der Waals surface area contributed by atoms with Gasteiger partial charge in [-0.05, 0) is 0 Å². The van der Waals surface area contributed by atoms with Gasteiger partial charge in [0.2, 0.25) is 0 Å². The van der Waals surface area contributed by atoms with E-state index in [1.54, 1.807) is 18.2 Å². The maximum absolute atomic E-state index is 10.9. The Morgan fingerprint density at radius 2 is 1.58 bits per heavy atom. The summed E-state index contributed by atoms with van der Waals surface area (Å²) in [6.45, 7) is 0. The number of carbonyl (C=O) groups is 1. The number of aliphatic hydroxyl groups is 3. The van der Waals surface area contributed by atoms with Gasteiger partial charge in [0.25, 0.3) is 5.78 Å². The fourth-order valence-electron chi connectivity index (χ4n) is 0.783. The minimum Gasteiger partial charge on any atom is -0.337 e. The second-order valence-corrected chi connectivity index (χ2v) is 2.33. The molecule has 0 heterocycles. The molecule has 1 rings (SSSR count). The van der Waals surface area contributed by atoms with E-state index in [9.17, 15) is 4.79 Å². The number of carbonyl (C=O) groups excluding carboxylic acids is 1. The molecule has 0 bridgehead atoms. The van der Waals surface area contributed by atoms with Crippen LogP contribution in [0.5, 0.6) is 0 Å². The molecule has 0 aromatic heterocycles. The zero-order valence-corrected chi connectivity index (χ0v) is 6.14. The highest BCUT2D eigenvalue weighted by molar-refractivity contribution is 5.99. The van der Waals surface area contributed by atoms with Gasteiger partial charge < -0.3 is 15.3 Å². The summed E-state index contributed by atoms with van der Waals surface area (Å²) in [5, 5.41) is 25.5. The van der Waals surface area contributed by atoms with Crippen LogP contribution in [0.2, 0.25) is 0 Å². The molecule has 4 heteroatoms. The van der Waals surface area contributed by atoms with Gasteiger partial charge in [0.15, 0.2) is 0 Å². The second kappa shape index (κ2) is 3.02. The van der Waals surface area contributed by atoms with Crippen LogP contribution in [0.25, 0.3) is 0 Å². The fourth-order valence-corrected chi connectivity index (χ4v) is 0.783. The molecular weight excluding hydrogens is 160 g/mol. The standard InChI is InChI=1S/C8H8O4/c9-7(8(10,11)12)6-4-2-1-3-5-6/h1-5,10-12H. The molecule has 4 nitrogen and oxygen atoms in total. The molecule has 0 aliphatic rings. The highest BCUT2D eigenvalue weighted by Crippen LogP contribution is 2.07. The molecule has 1 aromatic carbocycles. The average molecular weight is 168 g/mol. The Hall–Kier alpha value is -1.23. The summed E-state index contributed by atoms with van der Waals surface area (Å²) in [6, 6.07) is 7.53. The molecule has 0 saturated heterocycles. The molecule has 1 aromatic rings. The second-order valence-electron chi connectivity index (χ2n) is 2.33. The van der Waals surface area contributed by atoms with Crippen LogP contribution >= 0.6 is 0 Å². The molecule has 0 saturated carbocycles. The average Bonchev–Trinajstić information content (AvgIpc) is 2.03. The van der Waals surface area contributed by atoms with Crippen molar-refractivity contribution in [3.8, 4) is 0 Å². The molecule has 64 valence electrons. The van der Waals surface area contributed by atoms with Crippen molar-refractivity contribution < 1.29 is 20.1 Å². The zero-order valence-electron chi connectivity index (χ0n) is 6.14. The number of ketones is 1. The Labute approximate surface area is 68.7 Å². The number of Topliss-reactive ketones (excluding diaryl/α,β-unsaturated/α-hetero) is 1. The monoisotopic (exact) mass is 168 g/mol. The summed E-state index contributed by atoms with van der Waals surface area (Å²) >= 11 is 0. The molecule has 0 unspecified atom stereocenters. The number of hydrogen-bond acceptors (Lipinski definition) is 4. The SMILES string of the molecule is O=C(c1ccccc1)C(O)(O)O. The minimum atomic E-state index is -3.28.